The van der Waals surface area contributed by atoms with E-state index in [1.54, 1.807) is 15.7 Å². The zero-order valence-corrected chi connectivity index (χ0v) is 19.9. The van der Waals surface area contributed by atoms with Gasteiger partial charge in [0.2, 0.25) is 5.43 Å². The standard InChI is InChI=1S/C24H31ClN4O3/c1-16(2)13-26-23(31)20-14-29(17(3)4)15-21(22(20)30)24(32)28-10-8-27(9-11-28)19-7-5-6-18(25)12-19/h5-7,12,14-17H,8-11,13H2,1-4H3,(H,26,31). The zero-order chi connectivity index (χ0) is 23.4. The van der Waals surface area contributed by atoms with Gasteiger partial charge in [-0.15, -0.1) is 0 Å². The Balaban J connectivity index is 1.81. The van der Waals surface area contributed by atoms with Crippen molar-refractivity contribution in [1.82, 2.24) is 14.8 Å². The molecule has 7 nitrogen and oxygen atoms in total. The Hall–Kier alpha value is -2.80. The maximum absolute atomic E-state index is 13.3. The summed E-state index contributed by atoms with van der Waals surface area (Å²) in [4.78, 5) is 42.9. The fourth-order valence-electron chi connectivity index (χ4n) is 3.61. The number of hydrogen-bond donors (Lipinski definition) is 1. The van der Waals surface area contributed by atoms with E-state index < -0.39 is 11.3 Å². The second-order valence-electron chi connectivity index (χ2n) is 8.82. The molecule has 3 rings (SSSR count). The van der Waals surface area contributed by atoms with Crippen molar-refractivity contribution >= 4 is 29.1 Å². The lowest BCUT2D eigenvalue weighted by atomic mass is 10.1. The largest absolute Gasteiger partial charge is 0.368 e. The number of pyridine rings is 1. The molecule has 0 bridgehead atoms. The Kier molecular flexibility index (Phi) is 7.61. The summed E-state index contributed by atoms with van der Waals surface area (Å²) in [6, 6.07) is 7.62. The minimum atomic E-state index is -0.523. The van der Waals surface area contributed by atoms with Gasteiger partial charge in [-0.25, -0.2) is 0 Å². The van der Waals surface area contributed by atoms with Crippen LogP contribution in [0.1, 0.15) is 54.5 Å². The van der Waals surface area contributed by atoms with Gasteiger partial charge in [0.15, 0.2) is 0 Å². The van der Waals surface area contributed by atoms with Gasteiger partial charge in [-0.3, -0.25) is 14.4 Å². The predicted molar refractivity (Wildman–Crippen MR) is 128 cm³/mol. The predicted octanol–water partition coefficient (Wildman–Crippen LogP) is 3.43. The Labute approximate surface area is 194 Å². The lowest BCUT2D eigenvalue weighted by molar-refractivity contribution is 0.0744. The molecule has 1 aliphatic heterocycles. The molecule has 2 amide bonds. The van der Waals surface area contributed by atoms with Gasteiger partial charge in [-0.2, -0.15) is 0 Å². The summed E-state index contributed by atoms with van der Waals surface area (Å²) in [7, 11) is 0. The van der Waals surface area contributed by atoms with Crippen LogP contribution in [0.4, 0.5) is 5.69 Å². The van der Waals surface area contributed by atoms with Gasteiger partial charge in [0.1, 0.15) is 11.1 Å². The van der Waals surface area contributed by atoms with Gasteiger partial charge in [0.25, 0.3) is 11.8 Å². The lowest BCUT2D eigenvalue weighted by Crippen LogP contribution is -2.50. The van der Waals surface area contributed by atoms with E-state index in [1.165, 1.54) is 6.20 Å². The summed E-state index contributed by atoms with van der Waals surface area (Å²) in [5.41, 5.74) is 0.524. The fourth-order valence-corrected chi connectivity index (χ4v) is 3.80. The third kappa shape index (κ3) is 5.51. The highest BCUT2D eigenvalue weighted by atomic mass is 35.5. The SMILES string of the molecule is CC(C)CNC(=O)c1cn(C(C)C)cc(C(=O)N2CCN(c3cccc(Cl)c3)CC2)c1=O. The van der Waals surface area contributed by atoms with E-state index in [-0.39, 0.29) is 29.0 Å². The van der Waals surface area contributed by atoms with Gasteiger partial charge < -0.3 is 19.7 Å². The summed E-state index contributed by atoms with van der Waals surface area (Å²) >= 11 is 6.10. The highest BCUT2D eigenvalue weighted by Gasteiger charge is 2.27. The topological polar surface area (TPSA) is 74.7 Å². The first-order valence-corrected chi connectivity index (χ1v) is 11.4. The molecule has 1 aliphatic rings. The first kappa shape index (κ1) is 23.9. The molecule has 1 aromatic carbocycles. The molecular formula is C24H31ClN4O3. The third-order valence-electron chi connectivity index (χ3n) is 5.53. The number of halogens is 1. The van der Waals surface area contributed by atoms with Crippen LogP contribution in [0.2, 0.25) is 5.02 Å². The molecule has 1 N–H and O–H groups in total. The van der Waals surface area contributed by atoms with Crippen LogP contribution < -0.4 is 15.6 Å². The van der Waals surface area contributed by atoms with Crippen LogP contribution in [0.5, 0.6) is 0 Å². The van der Waals surface area contributed by atoms with Crippen LogP contribution in [0.3, 0.4) is 0 Å². The number of rotatable bonds is 6. The number of aromatic nitrogens is 1. The molecule has 8 heteroatoms. The molecule has 0 radical (unpaired) electrons. The number of benzene rings is 1. The molecule has 0 saturated carbocycles. The van der Waals surface area contributed by atoms with Gasteiger partial charge in [0, 0.05) is 61.9 Å². The summed E-state index contributed by atoms with van der Waals surface area (Å²) in [5, 5.41) is 3.45. The number of nitrogens with one attached hydrogen (secondary N) is 1. The molecule has 0 spiro atoms. The summed E-state index contributed by atoms with van der Waals surface area (Å²) in [6.45, 7) is 10.6. The normalized spacial score (nSPS) is 14.2. The van der Waals surface area contributed by atoms with E-state index in [1.807, 2.05) is 52.0 Å². The van der Waals surface area contributed by atoms with E-state index in [9.17, 15) is 14.4 Å². The monoisotopic (exact) mass is 458 g/mol. The summed E-state index contributed by atoms with van der Waals surface area (Å²) in [5.74, 6) is -0.529. The molecule has 172 valence electrons. The molecule has 1 aromatic heterocycles. The minimum Gasteiger partial charge on any atom is -0.368 e. The summed E-state index contributed by atoms with van der Waals surface area (Å²) in [6.07, 6.45) is 3.11. The number of piperazine rings is 1. The van der Waals surface area contributed by atoms with Crippen LogP contribution in [0.15, 0.2) is 41.5 Å². The number of carbonyl (C=O) groups excluding carboxylic acids is 2. The van der Waals surface area contributed by atoms with Crippen molar-refractivity contribution in [3.63, 3.8) is 0 Å². The van der Waals surface area contributed by atoms with Gasteiger partial charge >= 0.3 is 0 Å². The van der Waals surface area contributed by atoms with Gasteiger partial charge in [0.05, 0.1) is 0 Å². The maximum Gasteiger partial charge on any atom is 0.259 e. The first-order chi connectivity index (χ1) is 15.2. The van der Waals surface area contributed by atoms with Crippen LogP contribution >= 0.6 is 11.6 Å². The number of hydrogen-bond acceptors (Lipinski definition) is 4. The van der Waals surface area contributed by atoms with E-state index in [2.05, 4.69) is 10.2 Å². The van der Waals surface area contributed by atoms with Gasteiger partial charge in [-0.1, -0.05) is 31.5 Å². The molecule has 0 unspecified atom stereocenters. The average Bonchev–Trinajstić information content (AvgIpc) is 2.77. The number of nitrogens with zero attached hydrogens (tertiary/aromatic N) is 3. The van der Waals surface area contributed by atoms with E-state index in [0.717, 1.165) is 5.69 Å². The van der Waals surface area contributed by atoms with Crippen LogP contribution in [-0.2, 0) is 0 Å². The third-order valence-corrected chi connectivity index (χ3v) is 5.76. The highest BCUT2D eigenvalue weighted by Crippen LogP contribution is 2.21. The Morgan fingerprint density at radius 3 is 2.28 bits per heavy atom. The van der Waals surface area contributed by atoms with Crippen molar-refractivity contribution in [2.24, 2.45) is 5.92 Å². The molecular weight excluding hydrogens is 428 g/mol. The highest BCUT2D eigenvalue weighted by molar-refractivity contribution is 6.30. The fraction of sp³-hybridized carbons (Fsp3) is 0.458. The molecule has 0 atom stereocenters. The maximum atomic E-state index is 13.3. The van der Waals surface area contributed by atoms with Gasteiger partial charge in [-0.05, 0) is 38.0 Å². The van der Waals surface area contributed by atoms with Crippen molar-refractivity contribution in [3.05, 3.63) is 63.0 Å². The lowest BCUT2D eigenvalue weighted by Gasteiger charge is -2.36. The van der Waals surface area contributed by atoms with Crippen LogP contribution in [0.25, 0.3) is 0 Å². The van der Waals surface area contributed by atoms with Crippen molar-refractivity contribution in [2.75, 3.05) is 37.6 Å². The first-order valence-electron chi connectivity index (χ1n) is 11.0. The number of amides is 2. The van der Waals surface area contributed by atoms with Crippen LogP contribution in [0, 0.1) is 5.92 Å². The van der Waals surface area contributed by atoms with Crippen molar-refractivity contribution < 1.29 is 9.59 Å². The van der Waals surface area contributed by atoms with Crippen molar-refractivity contribution in [3.8, 4) is 0 Å². The van der Waals surface area contributed by atoms with Crippen molar-refractivity contribution in [1.29, 1.82) is 0 Å². The number of anilines is 1. The molecule has 32 heavy (non-hydrogen) atoms. The van der Waals surface area contributed by atoms with Crippen molar-refractivity contribution in [2.45, 2.75) is 33.7 Å². The second kappa shape index (κ2) is 10.2. The Morgan fingerprint density at radius 2 is 1.69 bits per heavy atom. The quantitative estimate of drug-likeness (QED) is 0.719. The second-order valence-corrected chi connectivity index (χ2v) is 9.26. The minimum absolute atomic E-state index is 0.00141. The van der Waals surface area contributed by atoms with E-state index in [4.69, 9.17) is 11.6 Å². The zero-order valence-electron chi connectivity index (χ0n) is 19.1. The summed E-state index contributed by atoms with van der Waals surface area (Å²) < 4.78 is 1.75. The van der Waals surface area contributed by atoms with E-state index >= 15 is 0 Å². The molecule has 2 heterocycles. The van der Waals surface area contributed by atoms with Crippen LogP contribution in [-0.4, -0.2) is 54.0 Å². The Morgan fingerprint density at radius 1 is 1.03 bits per heavy atom. The molecule has 2 aromatic rings. The number of carbonyl (C=O) groups is 2. The molecule has 0 aliphatic carbocycles. The average molecular weight is 459 g/mol. The molecule has 1 fully saturated rings. The smallest absolute Gasteiger partial charge is 0.259 e. The molecule has 1 saturated heterocycles. The Bertz CT molecular complexity index is 1040. The van der Waals surface area contributed by atoms with E-state index in [0.29, 0.717) is 37.7 Å².